The molecule has 4 rings (SSSR count). The maximum absolute atomic E-state index is 12.7. The predicted molar refractivity (Wildman–Crippen MR) is 73.6 cm³/mol. The lowest BCUT2D eigenvalue weighted by molar-refractivity contribution is -0.146. The van der Waals surface area contributed by atoms with Crippen LogP contribution in [-0.2, 0) is 4.79 Å². The zero-order valence-corrected chi connectivity index (χ0v) is 12.4. The third-order valence-corrected chi connectivity index (χ3v) is 5.40. The monoisotopic (exact) mass is 269 g/mol. The van der Waals surface area contributed by atoms with Gasteiger partial charge in [-0.3, -0.25) is 4.79 Å². The summed E-state index contributed by atoms with van der Waals surface area (Å²) in [5.74, 6) is 1.64. The summed E-state index contributed by atoms with van der Waals surface area (Å²) in [6.07, 6.45) is 6.61. The number of amides is 1. The van der Waals surface area contributed by atoms with Gasteiger partial charge in [-0.25, -0.2) is 0 Å². The first-order valence-electron chi connectivity index (χ1n) is 7.21. The minimum atomic E-state index is -0.154. The molecule has 0 aromatic rings. The zero-order valence-electron chi connectivity index (χ0n) is 11.7. The van der Waals surface area contributed by atoms with Gasteiger partial charge in [0.05, 0.1) is 5.41 Å². The molecule has 0 aliphatic heterocycles. The van der Waals surface area contributed by atoms with Crippen molar-refractivity contribution in [3.8, 4) is 0 Å². The lowest BCUT2D eigenvalue weighted by Gasteiger charge is -2.59. The second-order valence-electron chi connectivity index (χ2n) is 8.10. The average molecular weight is 270 g/mol. The van der Waals surface area contributed by atoms with E-state index in [2.05, 4.69) is 26.1 Å². The van der Waals surface area contributed by atoms with Crippen molar-refractivity contribution < 1.29 is 4.79 Å². The van der Waals surface area contributed by atoms with Crippen molar-refractivity contribution in [3.63, 3.8) is 0 Å². The molecule has 1 N–H and O–H groups in total. The summed E-state index contributed by atoms with van der Waals surface area (Å²) in [7, 11) is 0. The highest BCUT2D eigenvalue weighted by atomic mass is 35.5. The Morgan fingerprint density at radius 1 is 1.17 bits per heavy atom. The van der Waals surface area contributed by atoms with Crippen molar-refractivity contribution in [2.75, 3.05) is 0 Å². The van der Waals surface area contributed by atoms with Crippen molar-refractivity contribution in [3.05, 3.63) is 0 Å². The maximum Gasteiger partial charge on any atom is 0.226 e. The molecule has 4 saturated carbocycles. The van der Waals surface area contributed by atoms with E-state index in [-0.39, 0.29) is 21.7 Å². The second-order valence-corrected chi connectivity index (χ2v) is 8.90. The molecule has 0 radical (unpaired) electrons. The number of rotatable bonds is 1. The Kier molecular flexibility index (Phi) is 2.59. The number of alkyl halides is 1. The van der Waals surface area contributed by atoms with E-state index in [4.69, 9.17) is 11.6 Å². The van der Waals surface area contributed by atoms with Gasteiger partial charge in [0, 0.05) is 10.4 Å². The first kappa shape index (κ1) is 12.8. The van der Waals surface area contributed by atoms with Crippen LogP contribution < -0.4 is 5.32 Å². The molecule has 2 atom stereocenters. The Morgan fingerprint density at radius 3 is 2.17 bits per heavy atom. The van der Waals surface area contributed by atoms with Gasteiger partial charge in [0.15, 0.2) is 0 Å². The molecule has 0 aromatic heterocycles. The molecule has 1 amide bonds. The van der Waals surface area contributed by atoms with Crippen LogP contribution in [0.3, 0.4) is 0 Å². The van der Waals surface area contributed by atoms with Crippen LogP contribution in [0.15, 0.2) is 0 Å². The van der Waals surface area contributed by atoms with Crippen LogP contribution in [0.25, 0.3) is 0 Å². The van der Waals surface area contributed by atoms with E-state index in [1.165, 1.54) is 6.42 Å². The van der Waals surface area contributed by atoms with Crippen LogP contribution in [0, 0.1) is 17.3 Å². The largest absolute Gasteiger partial charge is 0.351 e. The first-order valence-corrected chi connectivity index (χ1v) is 7.59. The topological polar surface area (TPSA) is 29.1 Å². The maximum atomic E-state index is 12.7. The van der Waals surface area contributed by atoms with E-state index in [1.807, 2.05) is 0 Å². The Hall–Kier alpha value is -0.240. The number of carbonyl (C=O) groups is 1. The second kappa shape index (κ2) is 3.65. The van der Waals surface area contributed by atoms with Gasteiger partial charge >= 0.3 is 0 Å². The van der Waals surface area contributed by atoms with E-state index >= 15 is 0 Å². The minimum absolute atomic E-state index is 0.0701. The highest BCUT2D eigenvalue weighted by molar-refractivity contribution is 6.24. The van der Waals surface area contributed by atoms with Gasteiger partial charge < -0.3 is 5.32 Å². The van der Waals surface area contributed by atoms with E-state index in [0.29, 0.717) is 11.8 Å². The molecule has 4 aliphatic carbocycles. The highest BCUT2D eigenvalue weighted by Crippen LogP contribution is 2.63. The summed E-state index contributed by atoms with van der Waals surface area (Å²) in [5.41, 5.74) is -0.293. The fourth-order valence-electron chi connectivity index (χ4n) is 4.89. The van der Waals surface area contributed by atoms with E-state index in [1.54, 1.807) is 0 Å². The molecule has 0 saturated heterocycles. The zero-order chi connectivity index (χ0) is 13.2. The standard InChI is InChI=1S/C15H24ClNO/c1-13(2,3)17-12(18)14-5-10-4-11(6-14)8-15(16,7-10)9-14/h10-11H,4-9H2,1-3H3,(H,17,18)/t10-,11-,14?,15?/m0/s1. The van der Waals surface area contributed by atoms with Crippen LogP contribution in [0.5, 0.6) is 0 Å². The predicted octanol–water partition coefficient (Wildman–Crippen LogP) is 3.48. The summed E-state index contributed by atoms with van der Waals surface area (Å²) in [6.45, 7) is 6.17. The molecule has 0 spiro atoms. The molecule has 4 fully saturated rings. The van der Waals surface area contributed by atoms with Gasteiger partial charge in [-0.2, -0.15) is 0 Å². The van der Waals surface area contributed by atoms with Crippen LogP contribution >= 0.6 is 11.6 Å². The highest BCUT2D eigenvalue weighted by Gasteiger charge is 2.60. The van der Waals surface area contributed by atoms with Gasteiger partial charge in [-0.15, -0.1) is 11.6 Å². The smallest absolute Gasteiger partial charge is 0.226 e. The quantitative estimate of drug-likeness (QED) is 0.726. The number of halogens is 1. The van der Waals surface area contributed by atoms with Gasteiger partial charge in [0.1, 0.15) is 0 Å². The molecule has 4 aliphatic rings. The Balaban J connectivity index is 1.85. The summed E-state index contributed by atoms with van der Waals surface area (Å²) in [6, 6.07) is 0. The van der Waals surface area contributed by atoms with Crippen LogP contribution in [0.1, 0.15) is 59.3 Å². The van der Waals surface area contributed by atoms with Crippen LogP contribution in [0.2, 0.25) is 0 Å². The van der Waals surface area contributed by atoms with Crippen molar-refractivity contribution >= 4 is 17.5 Å². The molecule has 18 heavy (non-hydrogen) atoms. The molecule has 0 unspecified atom stereocenters. The Bertz CT molecular complexity index is 370. The third kappa shape index (κ3) is 2.07. The van der Waals surface area contributed by atoms with Gasteiger partial charge in [-0.05, 0) is 71.1 Å². The number of nitrogens with one attached hydrogen (secondary N) is 1. The summed E-state index contributed by atoms with van der Waals surface area (Å²) in [5, 5.41) is 3.20. The van der Waals surface area contributed by atoms with Crippen molar-refractivity contribution in [2.45, 2.75) is 69.7 Å². The fraction of sp³-hybridized carbons (Fsp3) is 0.933. The van der Waals surface area contributed by atoms with Crippen molar-refractivity contribution in [1.82, 2.24) is 5.32 Å². The molecule has 0 aromatic carbocycles. The normalized spacial score (nSPS) is 46.2. The summed E-state index contributed by atoms with van der Waals surface area (Å²) < 4.78 is 0. The van der Waals surface area contributed by atoms with E-state index in [9.17, 15) is 4.79 Å². The fourth-order valence-corrected chi connectivity index (χ4v) is 5.58. The minimum Gasteiger partial charge on any atom is -0.351 e. The molecule has 3 heteroatoms. The molecule has 4 bridgehead atoms. The number of hydrogen-bond donors (Lipinski definition) is 1. The SMILES string of the molecule is CC(C)(C)NC(=O)C12C[C@@H]3C[C@H](CC(Cl)(C3)C1)C2. The van der Waals surface area contributed by atoms with Gasteiger partial charge in [0.2, 0.25) is 5.91 Å². The van der Waals surface area contributed by atoms with E-state index < -0.39 is 0 Å². The van der Waals surface area contributed by atoms with E-state index in [0.717, 1.165) is 32.1 Å². The first-order chi connectivity index (χ1) is 8.20. The average Bonchev–Trinajstić information content (AvgIpc) is 2.09. The molecular weight excluding hydrogens is 246 g/mol. The van der Waals surface area contributed by atoms with Crippen LogP contribution in [0.4, 0.5) is 0 Å². The molecule has 0 heterocycles. The lowest BCUT2D eigenvalue weighted by atomic mass is 9.49. The van der Waals surface area contributed by atoms with Crippen LogP contribution in [-0.4, -0.2) is 16.3 Å². The van der Waals surface area contributed by atoms with Crippen molar-refractivity contribution in [1.29, 1.82) is 0 Å². The molecule has 102 valence electrons. The summed E-state index contributed by atoms with van der Waals surface area (Å²) in [4.78, 5) is 12.6. The Labute approximate surface area is 115 Å². The van der Waals surface area contributed by atoms with Gasteiger partial charge in [0.25, 0.3) is 0 Å². The summed E-state index contributed by atoms with van der Waals surface area (Å²) >= 11 is 6.76. The molecule has 2 nitrogen and oxygen atoms in total. The molecular formula is C15H24ClNO. The van der Waals surface area contributed by atoms with Gasteiger partial charge in [-0.1, -0.05) is 0 Å². The number of hydrogen-bond acceptors (Lipinski definition) is 1. The number of carbonyl (C=O) groups excluding carboxylic acids is 1. The third-order valence-electron chi connectivity index (χ3n) is 4.96. The van der Waals surface area contributed by atoms with Crippen molar-refractivity contribution in [2.24, 2.45) is 17.3 Å². The lowest BCUT2D eigenvalue weighted by Crippen LogP contribution is -2.60. The Morgan fingerprint density at radius 2 is 1.72 bits per heavy atom.